The molecule has 1 aliphatic rings. The maximum atomic E-state index is 4.59. The van der Waals surface area contributed by atoms with Crippen LogP contribution in [0, 0.1) is 0 Å². The van der Waals surface area contributed by atoms with Crippen molar-refractivity contribution in [3.63, 3.8) is 0 Å². The molecule has 0 fully saturated rings. The highest BCUT2D eigenvalue weighted by molar-refractivity contribution is 5.94. The second-order valence-electron chi connectivity index (χ2n) is 7.23. The first-order valence-corrected chi connectivity index (χ1v) is 10.7. The first-order chi connectivity index (χ1) is 12.8. The van der Waals surface area contributed by atoms with Gasteiger partial charge in [0.25, 0.3) is 0 Å². The van der Waals surface area contributed by atoms with E-state index in [2.05, 4.69) is 49.4 Å². The third-order valence-electron chi connectivity index (χ3n) is 4.93. The Bertz CT molecular complexity index is 459. The Morgan fingerprint density at radius 2 is 1.54 bits per heavy atom. The van der Waals surface area contributed by atoms with Gasteiger partial charge in [-0.05, 0) is 25.1 Å². The summed E-state index contributed by atoms with van der Waals surface area (Å²) in [6.07, 6.45) is 29.0. The standard InChI is InChI=1S/C24H40N2/c1-4-7-8-9-10-11-12-13-14-15-16-17-18-19-20-21-23-22-26(6-3)24(5-2)25-23/h5-6,18-21,23H,2-4,7-17,22H2,1H3. The van der Waals surface area contributed by atoms with Gasteiger partial charge in [0, 0.05) is 0 Å². The lowest BCUT2D eigenvalue weighted by Gasteiger charge is -2.11. The molecule has 0 radical (unpaired) electrons. The summed E-state index contributed by atoms with van der Waals surface area (Å²) in [6, 6.07) is 0.215. The van der Waals surface area contributed by atoms with Crippen LogP contribution in [0.2, 0.25) is 0 Å². The van der Waals surface area contributed by atoms with Crippen LogP contribution in [-0.2, 0) is 0 Å². The van der Waals surface area contributed by atoms with Crippen molar-refractivity contribution in [1.29, 1.82) is 0 Å². The van der Waals surface area contributed by atoms with E-state index in [1.165, 1.54) is 77.0 Å². The molecule has 2 nitrogen and oxygen atoms in total. The van der Waals surface area contributed by atoms with Gasteiger partial charge < -0.3 is 4.90 Å². The lowest BCUT2D eigenvalue weighted by atomic mass is 10.1. The molecule has 2 heteroatoms. The first kappa shape index (κ1) is 22.5. The van der Waals surface area contributed by atoms with Crippen LogP contribution in [0.15, 0.2) is 54.7 Å². The number of hydrogen-bond acceptors (Lipinski definition) is 2. The molecule has 0 amide bonds. The van der Waals surface area contributed by atoms with Crippen LogP contribution in [0.25, 0.3) is 0 Å². The highest BCUT2D eigenvalue weighted by atomic mass is 15.2. The van der Waals surface area contributed by atoms with Gasteiger partial charge in [0.2, 0.25) is 0 Å². The minimum absolute atomic E-state index is 0.215. The van der Waals surface area contributed by atoms with E-state index in [4.69, 9.17) is 0 Å². The van der Waals surface area contributed by atoms with Crippen molar-refractivity contribution in [3.05, 3.63) is 49.7 Å². The molecule has 0 aromatic rings. The first-order valence-electron chi connectivity index (χ1n) is 10.7. The van der Waals surface area contributed by atoms with E-state index < -0.39 is 0 Å². The third kappa shape index (κ3) is 10.4. The molecule has 1 aliphatic heterocycles. The lowest BCUT2D eigenvalue weighted by Crippen LogP contribution is -2.21. The predicted octanol–water partition coefficient (Wildman–Crippen LogP) is 7.21. The van der Waals surface area contributed by atoms with Crippen molar-refractivity contribution < 1.29 is 0 Å². The van der Waals surface area contributed by atoms with E-state index in [1.54, 1.807) is 6.08 Å². The van der Waals surface area contributed by atoms with Crippen LogP contribution in [0.4, 0.5) is 0 Å². The molecule has 1 heterocycles. The number of unbranched alkanes of at least 4 members (excludes halogenated alkanes) is 11. The molecule has 0 aromatic heterocycles. The van der Waals surface area contributed by atoms with Crippen molar-refractivity contribution >= 4 is 5.84 Å². The number of hydrogen-bond donors (Lipinski definition) is 0. The van der Waals surface area contributed by atoms with Gasteiger partial charge >= 0.3 is 0 Å². The second kappa shape index (κ2) is 15.7. The van der Waals surface area contributed by atoms with Crippen molar-refractivity contribution in [2.45, 2.75) is 90.0 Å². The van der Waals surface area contributed by atoms with E-state index in [1.807, 2.05) is 11.1 Å². The van der Waals surface area contributed by atoms with Gasteiger partial charge in [0.15, 0.2) is 0 Å². The molecule has 0 aromatic carbocycles. The molecule has 0 bridgehead atoms. The monoisotopic (exact) mass is 356 g/mol. The van der Waals surface area contributed by atoms with Gasteiger partial charge in [-0.25, -0.2) is 0 Å². The van der Waals surface area contributed by atoms with Crippen LogP contribution in [0.5, 0.6) is 0 Å². The predicted molar refractivity (Wildman–Crippen MR) is 118 cm³/mol. The molecule has 1 atom stereocenters. The van der Waals surface area contributed by atoms with Crippen molar-refractivity contribution in [3.8, 4) is 0 Å². The highest BCUT2D eigenvalue weighted by Gasteiger charge is 2.18. The van der Waals surface area contributed by atoms with Crippen molar-refractivity contribution in [2.75, 3.05) is 6.54 Å². The summed E-state index contributed by atoms with van der Waals surface area (Å²) in [4.78, 5) is 6.63. The fourth-order valence-corrected chi connectivity index (χ4v) is 3.32. The number of aliphatic imine (C=N–C) groups is 1. The van der Waals surface area contributed by atoms with Gasteiger partial charge in [-0.15, -0.1) is 0 Å². The van der Waals surface area contributed by atoms with Gasteiger partial charge in [-0.1, -0.05) is 109 Å². The van der Waals surface area contributed by atoms with E-state index in [9.17, 15) is 0 Å². The van der Waals surface area contributed by atoms with E-state index in [0.29, 0.717) is 0 Å². The zero-order chi connectivity index (χ0) is 18.9. The Hall–Kier alpha value is -1.57. The van der Waals surface area contributed by atoms with Crippen LogP contribution < -0.4 is 0 Å². The highest BCUT2D eigenvalue weighted by Crippen LogP contribution is 2.13. The lowest BCUT2D eigenvalue weighted by molar-refractivity contribution is 0.550. The second-order valence-corrected chi connectivity index (χ2v) is 7.23. The van der Waals surface area contributed by atoms with Crippen LogP contribution in [-0.4, -0.2) is 23.3 Å². The van der Waals surface area contributed by atoms with Gasteiger partial charge in [0.05, 0.1) is 12.6 Å². The summed E-state index contributed by atoms with van der Waals surface area (Å²) in [7, 11) is 0. The minimum Gasteiger partial charge on any atom is -0.331 e. The molecule has 1 unspecified atom stereocenters. The Kier molecular flexibility index (Phi) is 13.5. The van der Waals surface area contributed by atoms with Crippen LogP contribution in [0.3, 0.4) is 0 Å². The zero-order valence-corrected chi connectivity index (χ0v) is 17.0. The molecule has 1 rings (SSSR count). The minimum atomic E-state index is 0.215. The van der Waals surface area contributed by atoms with E-state index in [0.717, 1.165) is 12.4 Å². The number of allylic oxidation sites excluding steroid dienone is 3. The van der Waals surface area contributed by atoms with Gasteiger partial charge in [0.1, 0.15) is 5.84 Å². The quantitative estimate of drug-likeness (QED) is 0.211. The molecule has 146 valence electrons. The topological polar surface area (TPSA) is 15.6 Å². The Morgan fingerprint density at radius 1 is 0.923 bits per heavy atom. The number of rotatable bonds is 16. The van der Waals surface area contributed by atoms with E-state index in [-0.39, 0.29) is 6.04 Å². The summed E-state index contributed by atoms with van der Waals surface area (Å²) < 4.78 is 0. The Morgan fingerprint density at radius 3 is 2.08 bits per heavy atom. The smallest absolute Gasteiger partial charge is 0.127 e. The molecular formula is C24H40N2. The van der Waals surface area contributed by atoms with Crippen molar-refractivity contribution in [2.24, 2.45) is 4.99 Å². The summed E-state index contributed by atoms with van der Waals surface area (Å²) >= 11 is 0. The maximum absolute atomic E-state index is 4.59. The van der Waals surface area contributed by atoms with Gasteiger partial charge in [-0.2, -0.15) is 0 Å². The normalized spacial score (nSPS) is 17.3. The molecule has 0 saturated carbocycles. The molecule has 26 heavy (non-hydrogen) atoms. The molecule has 0 spiro atoms. The van der Waals surface area contributed by atoms with Crippen LogP contribution >= 0.6 is 0 Å². The number of nitrogens with zero attached hydrogens (tertiary/aromatic N) is 2. The molecule has 0 saturated heterocycles. The summed E-state index contributed by atoms with van der Waals surface area (Å²) in [5.41, 5.74) is 0. The van der Waals surface area contributed by atoms with Crippen molar-refractivity contribution in [1.82, 2.24) is 4.90 Å². The Balaban J connectivity index is 1.94. The Labute approximate surface area is 162 Å². The summed E-state index contributed by atoms with van der Waals surface area (Å²) in [5, 5.41) is 0. The van der Waals surface area contributed by atoms with Gasteiger partial charge in [-0.3, -0.25) is 4.99 Å². The van der Waals surface area contributed by atoms with E-state index >= 15 is 0 Å². The zero-order valence-electron chi connectivity index (χ0n) is 17.0. The maximum Gasteiger partial charge on any atom is 0.127 e. The molecule has 0 N–H and O–H groups in total. The third-order valence-corrected chi connectivity index (χ3v) is 4.93. The largest absolute Gasteiger partial charge is 0.331 e. The molecular weight excluding hydrogens is 316 g/mol. The van der Waals surface area contributed by atoms with Crippen LogP contribution in [0.1, 0.15) is 84.0 Å². The fraction of sp³-hybridized carbons (Fsp3) is 0.625. The number of amidine groups is 1. The SMILES string of the molecule is C=CC1=NC(C=CC=CCCCCCCCCCCCCC)CN1C=C. The average molecular weight is 357 g/mol. The summed E-state index contributed by atoms with van der Waals surface area (Å²) in [6.45, 7) is 10.8. The average Bonchev–Trinajstić information content (AvgIpc) is 3.07. The molecule has 0 aliphatic carbocycles. The summed E-state index contributed by atoms with van der Waals surface area (Å²) in [5.74, 6) is 0.916. The fourth-order valence-electron chi connectivity index (χ4n) is 3.32.